The maximum absolute atomic E-state index is 12.1. The van der Waals surface area contributed by atoms with E-state index in [9.17, 15) is 4.79 Å². The van der Waals surface area contributed by atoms with E-state index in [2.05, 4.69) is 20.9 Å². The molecule has 0 fully saturated rings. The van der Waals surface area contributed by atoms with Crippen molar-refractivity contribution in [3.63, 3.8) is 0 Å². The molecule has 21 heavy (non-hydrogen) atoms. The van der Waals surface area contributed by atoms with Crippen LogP contribution in [0.15, 0.2) is 45.8 Å². The third-order valence-electron chi connectivity index (χ3n) is 2.90. The van der Waals surface area contributed by atoms with Crippen molar-refractivity contribution in [3.8, 4) is 0 Å². The average Bonchev–Trinajstić information content (AvgIpc) is 2.84. The number of halogens is 2. The fraction of sp³-hybridized carbons (Fsp3) is 0.0667. The number of pyridine rings is 1. The van der Waals surface area contributed by atoms with Crippen molar-refractivity contribution >= 4 is 55.6 Å². The van der Waals surface area contributed by atoms with Gasteiger partial charge in [-0.3, -0.25) is 9.20 Å². The molecule has 3 aromatic rings. The lowest BCUT2D eigenvalue weighted by atomic mass is 10.3. The number of aryl methyl sites for hydroxylation is 1. The highest BCUT2D eigenvalue weighted by Crippen LogP contribution is 2.24. The van der Waals surface area contributed by atoms with Crippen LogP contribution < -0.4 is 5.56 Å². The molecule has 0 unspecified atom stereocenters. The van der Waals surface area contributed by atoms with Crippen LogP contribution in [-0.4, -0.2) is 9.38 Å². The lowest BCUT2D eigenvalue weighted by Gasteiger charge is -2.03. The van der Waals surface area contributed by atoms with Crippen LogP contribution in [0.4, 0.5) is 0 Å². The van der Waals surface area contributed by atoms with Crippen molar-refractivity contribution < 1.29 is 0 Å². The minimum atomic E-state index is -0.162. The van der Waals surface area contributed by atoms with Crippen molar-refractivity contribution in [2.75, 3.05) is 0 Å². The van der Waals surface area contributed by atoms with Crippen molar-refractivity contribution in [2.24, 2.45) is 0 Å². The molecule has 0 N–H and O–H groups in total. The molecular formula is C15H10BrClN2OS. The van der Waals surface area contributed by atoms with Crippen molar-refractivity contribution in [1.29, 1.82) is 0 Å². The molecule has 0 aliphatic rings. The second-order valence-corrected chi connectivity index (χ2v) is 7.14. The lowest BCUT2D eigenvalue weighted by Crippen LogP contribution is -2.14. The van der Waals surface area contributed by atoms with Crippen molar-refractivity contribution in [1.82, 2.24) is 9.38 Å². The second kappa shape index (κ2) is 5.75. The molecular weight excluding hydrogens is 372 g/mol. The maximum Gasteiger partial charge on any atom is 0.258 e. The quantitative estimate of drug-likeness (QED) is 0.652. The first kappa shape index (κ1) is 14.5. The fourth-order valence-corrected chi connectivity index (χ4v) is 3.37. The summed E-state index contributed by atoms with van der Waals surface area (Å²) < 4.78 is 2.30. The molecule has 3 aromatic heterocycles. The largest absolute Gasteiger partial charge is 0.269 e. The van der Waals surface area contributed by atoms with Gasteiger partial charge in [-0.05, 0) is 53.2 Å². The smallest absolute Gasteiger partial charge is 0.258 e. The van der Waals surface area contributed by atoms with Gasteiger partial charge in [-0.25, -0.2) is 4.98 Å². The fourth-order valence-electron chi connectivity index (χ4n) is 1.93. The van der Waals surface area contributed by atoms with Crippen LogP contribution in [0.3, 0.4) is 0 Å². The molecule has 106 valence electrons. The number of nitrogens with zero attached hydrogens (tertiary/aromatic N) is 2. The summed E-state index contributed by atoms with van der Waals surface area (Å²) in [5, 5.41) is 0.458. The summed E-state index contributed by atoms with van der Waals surface area (Å²) >= 11 is 11.3. The molecule has 0 atom stereocenters. The normalized spacial score (nSPS) is 12.0. The molecule has 0 aliphatic carbocycles. The second-order valence-electron chi connectivity index (χ2n) is 4.50. The number of hydrogen-bond acceptors (Lipinski definition) is 3. The van der Waals surface area contributed by atoms with E-state index in [1.807, 2.05) is 31.2 Å². The Morgan fingerprint density at radius 1 is 1.38 bits per heavy atom. The Bertz CT molecular complexity index is 913. The van der Waals surface area contributed by atoms with E-state index >= 15 is 0 Å². The minimum Gasteiger partial charge on any atom is -0.269 e. The summed E-state index contributed by atoms with van der Waals surface area (Å²) in [5.41, 5.74) is 0.884. The van der Waals surface area contributed by atoms with E-state index in [1.165, 1.54) is 15.3 Å². The molecule has 0 saturated carbocycles. The Morgan fingerprint density at radius 2 is 2.19 bits per heavy atom. The predicted molar refractivity (Wildman–Crippen MR) is 91.9 cm³/mol. The molecule has 0 spiro atoms. The van der Waals surface area contributed by atoms with Gasteiger partial charge in [0.15, 0.2) is 0 Å². The highest BCUT2D eigenvalue weighted by Gasteiger charge is 2.06. The van der Waals surface area contributed by atoms with Gasteiger partial charge in [-0.15, -0.1) is 11.3 Å². The Hall–Kier alpha value is -1.43. The van der Waals surface area contributed by atoms with Crippen LogP contribution in [0.1, 0.15) is 15.4 Å². The number of aromatic nitrogens is 2. The number of fused-ring (bicyclic) bond motifs is 1. The summed E-state index contributed by atoms with van der Waals surface area (Å²) in [7, 11) is 0. The highest BCUT2D eigenvalue weighted by atomic mass is 79.9. The number of hydrogen-bond donors (Lipinski definition) is 0. The number of rotatable bonds is 2. The Labute approximate surface area is 138 Å². The zero-order valence-electron chi connectivity index (χ0n) is 11.0. The molecule has 0 radical (unpaired) electrons. The van der Waals surface area contributed by atoms with Gasteiger partial charge < -0.3 is 0 Å². The third-order valence-corrected chi connectivity index (χ3v) is 4.62. The van der Waals surface area contributed by atoms with Crippen molar-refractivity contribution in [3.05, 3.63) is 66.8 Å². The van der Waals surface area contributed by atoms with Crippen LogP contribution in [-0.2, 0) is 0 Å². The summed E-state index contributed by atoms with van der Waals surface area (Å²) in [6.07, 6.45) is 3.52. The Morgan fingerprint density at radius 3 is 2.90 bits per heavy atom. The van der Waals surface area contributed by atoms with Crippen LogP contribution in [0.2, 0.25) is 0 Å². The van der Waals surface area contributed by atoms with Gasteiger partial charge in [0, 0.05) is 26.5 Å². The molecule has 0 bridgehead atoms. The summed E-state index contributed by atoms with van der Waals surface area (Å²) in [4.78, 5) is 18.8. The van der Waals surface area contributed by atoms with Crippen LogP contribution in [0.25, 0.3) is 16.8 Å². The zero-order chi connectivity index (χ0) is 15.0. The van der Waals surface area contributed by atoms with Crippen molar-refractivity contribution in [2.45, 2.75) is 6.92 Å². The monoisotopic (exact) mass is 380 g/mol. The van der Waals surface area contributed by atoms with Gasteiger partial charge in [0.2, 0.25) is 0 Å². The molecule has 6 heteroatoms. The first-order valence-corrected chi connectivity index (χ1v) is 8.15. The van der Waals surface area contributed by atoms with E-state index < -0.39 is 0 Å². The summed E-state index contributed by atoms with van der Waals surface area (Å²) in [6.45, 7) is 2.04. The van der Waals surface area contributed by atoms with Gasteiger partial charge in [-0.2, -0.15) is 0 Å². The van der Waals surface area contributed by atoms with Gasteiger partial charge in [0.25, 0.3) is 5.56 Å². The molecule has 0 amide bonds. The lowest BCUT2D eigenvalue weighted by molar-refractivity contribution is 1.03. The maximum atomic E-state index is 12.1. The molecule has 3 nitrogen and oxygen atoms in total. The highest BCUT2D eigenvalue weighted by molar-refractivity contribution is 9.10. The van der Waals surface area contributed by atoms with E-state index in [4.69, 9.17) is 11.6 Å². The SMILES string of the molecule is Cc1ccc(/C=C(\Cl)c2cc(=O)n3cc(Br)ccc3n2)s1. The third kappa shape index (κ3) is 3.10. The molecule has 0 saturated heterocycles. The van der Waals surface area contributed by atoms with Crippen LogP contribution in [0.5, 0.6) is 0 Å². The molecule has 0 aliphatic heterocycles. The first-order chi connectivity index (χ1) is 10.0. The van der Waals surface area contributed by atoms with E-state index in [0.29, 0.717) is 16.4 Å². The van der Waals surface area contributed by atoms with Gasteiger partial charge in [0.05, 0.1) is 10.7 Å². The Balaban J connectivity index is 2.10. The molecule has 0 aromatic carbocycles. The van der Waals surface area contributed by atoms with Gasteiger partial charge in [0.1, 0.15) is 5.65 Å². The first-order valence-electron chi connectivity index (χ1n) is 6.16. The number of thiophene rings is 1. The van der Waals surface area contributed by atoms with Crippen LogP contribution in [0, 0.1) is 6.92 Å². The average molecular weight is 382 g/mol. The van der Waals surface area contributed by atoms with Gasteiger partial charge >= 0.3 is 0 Å². The minimum absolute atomic E-state index is 0.162. The van der Waals surface area contributed by atoms with E-state index in [1.54, 1.807) is 23.6 Å². The molecule has 3 rings (SSSR count). The van der Waals surface area contributed by atoms with Crippen LogP contribution >= 0.6 is 38.9 Å². The summed E-state index contributed by atoms with van der Waals surface area (Å²) in [6, 6.07) is 9.08. The standard InChI is InChI=1S/C15H10BrClN2OS/c1-9-2-4-11(21-9)6-12(17)13-7-15(20)19-8-10(16)3-5-14(19)18-13/h2-8H,1H3/b12-6-. The predicted octanol–water partition coefficient (Wildman–Crippen LogP) is 4.56. The van der Waals surface area contributed by atoms with Gasteiger partial charge in [-0.1, -0.05) is 11.6 Å². The topological polar surface area (TPSA) is 34.4 Å². The summed E-state index contributed by atoms with van der Waals surface area (Å²) in [5.74, 6) is 0. The van der Waals surface area contributed by atoms with E-state index in [0.717, 1.165) is 9.35 Å². The Kier molecular flexibility index (Phi) is 3.97. The van der Waals surface area contributed by atoms with E-state index in [-0.39, 0.29) is 5.56 Å². The zero-order valence-corrected chi connectivity index (χ0v) is 14.2. The molecule has 3 heterocycles.